The van der Waals surface area contributed by atoms with Crippen molar-refractivity contribution in [1.82, 2.24) is 0 Å². The van der Waals surface area contributed by atoms with Crippen LogP contribution in [-0.4, -0.2) is 38.6 Å². The molecule has 4 heteroatoms. The molecule has 1 aliphatic carbocycles. The molecule has 0 spiro atoms. The molecule has 2 fully saturated rings. The Labute approximate surface area is 250 Å². The molecule has 0 amide bonds. The average Bonchev–Trinajstić information content (AvgIpc) is 4.00. The number of hydrogen-bond acceptors (Lipinski definition) is 4. The molecule has 9 rings (SSSR count). The van der Waals surface area contributed by atoms with E-state index in [1.165, 1.54) is 54.9 Å². The molecule has 2 atom stereocenters. The molecular weight excluding hydrogens is 532 g/mol. The first-order chi connectivity index (χ1) is 21.3. The van der Waals surface area contributed by atoms with E-state index < -0.39 is 5.41 Å². The summed E-state index contributed by atoms with van der Waals surface area (Å²) in [4.78, 5) is 0. The molecule has 0 radical (unpaired) electrons. The number of rotatable bonds is 8. The predicted molar refractivity (Wildman–Crippen MR) is 169 cm³/mol. The summed E-state index contributed by atoms with van der Waals surface area (Å²) < 4.78 is 22.8. The van der Waals surface area contributed by atoms with Gasteiger partial charge in [-0.15, -0.1) is 0 Å². The lowest BCUT2D eigenvalue weighted by atomic mass is 9.67. The van der Waals surface area contributed by atoms with Crippen LogP contribution in [0, 0.1) is 0 Å². The van der Waals surface area contributed by atoms with Crippen LogP contribution in [0.15, 0.2) is 121 Å². The molecule has 0 bridgehead atoms. The highest BCUT2D eigenvalue weighted by Gasteiger charge is 2.47. The lowest BCUT2D eigenvalue weighted by Crippen LogP contribution is -2.28. The van der Waals surface area contributed by atoms with Gasteiger partial charge in [0.1, 0.15) is 36.9 Å². The van der Waals surface area contributed by atoms with Crippen molar-refractivity contribution in [2.45, 2.75) is 17.6 Å². The van der Waals surface area contributed by atoms with E-state index in [0.29, 0.717) is 13.2 Å². The van der Waals surface area contributed by atoms with E-state index in [1.807, 2.05) is 0 Å². The molecule has 0 saturated carbocycles. The third-order valence-electron chi connectivity index (χ3n) is 9.14. The van der Waals surface area contributed by atoms with Gasteiger partial charge in [-0.1, -0.05) is 84.9 Å². The zero-order valence-electron chi connectivity index (χ0n) is 23.7. The Kier molecular flexibility index (Phi) is 5.62. The molecule has 210 valence electrons. The van der Waals surface area contributed by atoms with E-state index in [-0.39, 0.29) is 12.2 Å². The second kappa shape index (κ2) is 9.70. The van der Waals surface area contributed by atoms with Gasteiger partial charge in [-0.05, 0) is 91.3 Å². The summed E-state index contributed by atoms with van der Waals surface area (Å²) >= 11 is 0. The Balaban J connectivity index is 1.30. The Hall–Kier alpha value is -4.64. The molecule has 0 aromatic heterocycles. The minimum atomic E-state index is -0.533. The summed E-state index contributed by atoms with van der Waals surface area (Å²) in [5.41, 5.74) is 7.03. The molecule has 6 aromatic carbocycles. The van der Waals surface area contributed by atoms with Crippen molar-refractivity contribution in [3.63, 3.8) is 0 Å². The summed E-state index contributed by atoms with van der Waals surface area (Å²) in [6, 6.07) is 44.2. The van der Waals surface area contributed by atoms with Crippen molar-refractivity contribution in [1.29, 1.82) is 0 Å². The molecule has 2 unspecified atom stereocenters. The van der Waals surface area contributed by atoms with Gasteiger partial charge in [0.15, 0.2) is 0 Å². The lowest BCUT2D eigenvalue weighted by molar-refractivity contribution is 0.263. The van der Waals surface area contributed by atoms with Gasteiger partial charge in [-0.2, -0.15) is 0 Å². The maximum Gasteiger partial charge on any atom is 0.119 e. The van der Waals surface area contributed by atoms with Crippen molar-refractivity contribution < 1.29 is 18.9 Å². The minimum Gasteiger partial charge on any atom is -0.491 e. The third kappa shape index (κ3) is 4.13. The van der Waals surface area contributed by atoms with Gasteiger partial charge in [0.25, 0.3) is 0 Å². The van der Waals surface area contributed by atoms with Crippen LogP contribution in [0.1, 0.15) is 22.3 Å². The summed E-state index contributed by atoms with van der Waals surface area (Å²) in [5, 5.41) is 4.99. The second-order valence-corrected chi connectivity index (χ2v) is 11.8. The molecular formula is C39H30O4. The molecule has 2 heterocycles. The number of benzene rings is 6. The van der Waals surface area contributed by atoms with Crippen molar-refractivity contribution in [2.75, 3.05) is 26.4 Å². The van der Waals surface area contributed by atoms with E-state index in [9.17, 15) is 0 Å². The van der Waals surface area contributed by atoms with Crippen molar-refractivity contribution in [3.8, 4) is 22.6 Å². The topological polar surface area (TPSA) is 43.5 Å². The van der Waals surface area contributed by atoms with E-state index in [2.05, 4.69) is 121 Å². The fourth-order valence-corrected chi connectivity index (χ4v) is 6.87. The average molecular weight is 563 g/mol. The lowest BCUT2D eigenvalue weighted by Gasteiger charge is -2.34. The van der Waals surface area contributed by atoms with Gasteiger partial charge < -0.3 is 18.9 Å². The van der Waals surface area contributed by atoms with Crippen molar-refractivity contribution >= 4 is 21.5 Å². The highest BCUT2D eigenvalue weighted by molar-refractivity contribution is 6.06. The van der Waals surface area contributed by atoms with Gasteiger partial charge in [-0.3, -0.25) is 0 Å². The number of hydrogen-bond donors (Lipinski definition) is 0. The van der Waals surface area contributed by atoms with E-state index >= 15 is 0 Å². The minimum absolute atomic E-state index is 0.216. The summed E-state index contributed by atoms with van der Waals surface area (Å²) in [6.07, 6.45) is 0.432. The van der Waals surface area contributed by atoms with Crippen LogP contribution in [-0.2, 0) is 14.9 Å². The first-order valence-electron chi connectivity index (χ1n) is 15.0. The summed E-state index contributed by atoms with van der Waals surface area (Å²) in [6.45, 7) is 2.73. The van der Waals surface area contributed by atoms with Crippen LogP contribution >= 0.6 is 0 Å². The zero-order chi connectivity index (χ0) is 28.4. The van der Waals surface area contributed by atoms with Gasteiger partial charge in [0.2, 0.25) is 0 Å². The first kappa shape index (κ1) is 24.9. The third-order valence-corrected chi connectivity index (χ3v) is 9.14. The molecule has 0 N–H and O–H groups in total. The van der Waals surface area contributed by atoms with Gasteiger partial charge >= 0.3 is 0 Å². The van der Waals surface area contributed by atoms with Crippen LogP contribution < -0.4 is 9.47 Å². The number of fused-ring (bicyclic) bond motifs is 6. The normalized spacial score (nSPS) is 21.4. The van der Waals surface area contributed by atoms with Gasteiger partial charge in [0, 0.05) is 0 Å². The highest BCUT2D eigenvalue weighted by Crippen LogP contribution is 2.58. The smallest absolute Gasteiger partial charge is 0.119 e. The Bertz CT molecular complexity index is 1930. The Morgan fingerprint density at radius 1 is 0.558 bits per heavy atom. The monoisotopic (exact) mass is 562 g/mol. The first-order valence-corrected chi connectivity index (χ1v) is 15.0. The van der Waals surface area contributed by atoms with Crippen LogP contribution in [0.4, 0.5) is 0 Å². The maximum atomic E-state index is 6.06. The Morgan fingerprint density at radius 2 is 1.09 bits per heavy atom. The largest absolute Gasteiger partial charge is 0.491 e. The SMILES string of the molecule is c1ccc2cc3c(cc2c1)-c1c(ccc2ccccc12)C3(c1ccc(OCC2CO2)cc1)c1ccc(OCC2CO2)cc1. The quantitative estimate of drug-likeness (QED) is 0.177. The predicted octanol–water partition coefficient (Wildman–Crippen LogP) is 7.91. The van der Waals surface area contributed by atoms with Crippen LogP contribution in [0.3, 0.4) is 0 Å². The van der Waals surface area contributed by atoms with E-state index in [4.69, 9.17) is 18.9 Å². The molecule has 6 aromatic rings. The molecule has 43 heavy (non-hydrogen) atoms. The summed E-state index contributed by atoms with van der Waals surface area (Å²) in [7, 11) is 0. The van der Waals surface area contributed by atoms with Gasteiger partial charge in [-0.25, -0.2) is 0 Å². The number of ether oxygens (including phenoxy) is 4. The number of epoxide rings is 2. The molecule has 2 saturated heterocycles. The molecule has 2 aliphatic heterocycles. The van der Waals surface area contributed by atoms with E-state index in [1.54, 1.807) is 0 Å². The fourth-order valence-electron chi connectivity index (χ4n) is 6.87. The summed E-state index contributed by atoms with van der Waals surface area (Å²) in [5.74, 6) is 1.71. The van der Waals surface area contributed by atoms with Crippen LogP contribution in [0.5, 0.6) is 11.5 Å². The highest BCUT2D eigenvalue weighted by atomic mass is 16.6. The fraction of sp³-hybridized carbons (Fsp3) is 0.179. The standard InChI is InChI=1S/C39H30O4/c1-2-7-27-20-37-35(19-26(27)6-1)38-34-8-4-3-5-25(34)9-18-36(38)39(37,28-10-14-30(15-11-28)40-21-32-23-42-32)29-12-16-31(17-13-29)41-22-33-24-43-33/h1-20,32-33H,21-24H2. The van der Waals surface area contributed by atoms with Gasteiger partial charge in [0.05, 0.1) is 18.6 Å². The van der Waals surface area contributed by atoms with Crippen LogP contribution in [0.2, 0.25) is 0 Å². The second-order valence-electron chi connectivity index (χ2n) is 11.8. The van der Waals surface area contributed by atoms with Crippen LogP contribution in [0.25, 0.3) is 32.7 Å². The molecule has 3 aliphatic rings. The van der Waals surface area contributed by atoms with E-state index in [0.717, 1.165) is 24.7 Å². The Morgan fingerprint density at radius 3 is 1.67 bits per heavy atom. The van der Waals surface area contributed by atoms with Crippen molar-refractivity contribution in [3.05, 3.63) is 144 Å². The maximum absolute atomic E-state index is 6.06. The zero-order valence-corrected chi connectivity index (χ0v) is 23.7. The molecule has 4 nitrogen and oxygen atoms in total. The van der Waals surface area contributed by atoms with Crippen molar-refractivity contribution in [2.24, 2.45) is 0 Å².